The number of aliphatic hydroxyl groups excluding tert-OH is 3. The van der Waals surface area contributed by atoms with Crippen LogP contribution in [0.1, 0.15) is 5.56 Å². The number of rotatable bonds is 6. The van der Waals surface area contributed by atoms with Crippen molar-refractivity contribution in [2.24, 2.45) is 0 Å². The second-order valence-corrected chi connectivity index (χ2v) is 5.72. The molecule has 0 amide bonds. The largest absolute Gasteiger partial charge is 0.506 e. The highest BCUT2D eigenvalue weighted by atomic mass is 79.9. The first-order valence-corrected chi connectivity index (χ1v) is 6.81. The lowest BCUT2D eigenvalue weighted by atomic mass is 10.0. The first kappa shape index (κ1) is 15.9. The molecule has 0 aliphatic rings. The lowest BCUT2D eigenvalue weighted by Gasteiger charge is -2.29. The van der Waals surface area contributed by atoms with Crippen molar-refractivity contribution in [3.05, 3.63) is 26.6 Å². The zero-order valence-corrected chi connectivity index (χ0v) is 12.7. The molecule has 0 saturated carbocycles. The number of halogens is 2. The number of nitrogens with one attached hydrogen (secondary N) is 1. The van der Waals surface area contributed by atoms with Gasteiger partial charge in [0.15, 0.2) is 0 Å². The van der Waals surface area contributed by atoms with E-state index in [1.165, 1.54) is 0 Å². The Balaban J connectivity index is 2.80. The molecule has 7 heteroatoms. The van der Waals surface area contributed by atoms with E-state index >= 15 is 0 Å². The maximum Gasteiger partial charge on any atom is 0.143 e. The molecule has 1 rings (SSSR count). The first-order valence-electron chi connectivity index (χ1n) is 5.22. The molecule has 0 atom stereocenters. The summed E-state index contributed by atoms with van der Waals surface area (Å²) in [4.78, 5) is 0. The molecule has 0 aliphatic heterocycles. The summed E-state index contributed by atoms with van der Waals surface area (Å²) in [6.07, 6.45) is 0. The van der Waals surface area contributed by atoms with E-state index < -0.39 is 5.54 Å². The zero-order chi connectivity index (χ0) is 13.8. The van der Waals surface area contributed by atoms with Crippen LogP contribution in [0.25, 0.3) is 0 Å². The van der Waals surface area contributed by atoms with Gasteiger partial charge in [-0.25, -0.2) is 0 Å². The molecule has 1 aromatic rings. The lowest BCUT2D eigenvalue weighted by molar-refractivity contribution is 0.0413. The third-order valence-electron chi connectivity index (χ3n) is 2.65. The van der Waals surface area contributed by atoms with Gasteiger partial charge in [-0.05, 0) is 49.6 Å². The van der Waals surface area contributed by atoms with E-state index in [2.05, 4.69) is 37.2 Å². The molecule has 0 spiro atoms. The van der Waals surface area contributed by atoms with Crippen molar-refractivity contribution in [3.8, 4) is 5.75 Å². The van der Waals surface area contributed by atoms with E-state index in [9.17, 15) is 5.11 Å². The molecular weight excluding hydrogens is 370 g/mol. The average Bonchev–Trinajstić information content (AvgIpc) is 2.38. The summed E-state index contributed by atoms with van der Waals surface area (Å²) in [5.74, 6) is 0.108. The normalized spacial score (nSPS) is 11.8. The predicted molar refractivity (Wildman–Crippen MR) is 74.3 cm³/mol. The molecule has 0 heterocycles. The Hall–Kier alpha value is -0.180. The summed E-state index contributed by atoms with van der Waals surface area (Å²) in [5, 5.41) is 40.0. The molecule has 0 aromatic heterocycles. The molecule has 0 aliphatic carbocycles. The summed E-state index contributed by atoms with van der Waals surface area (Å²) in [6.45, 7) is -0.791. The van der Waals surface area contributed by atoms with Crippen LogP contribution in [0.3, 0.4) is 0 Å². The Morgan fingerprint density at radius 2 is 1.44 bits per heavy atom. The van der Waals surface area contributed by atoms with Gasteiger partial charge in [-0.2, -0.15) is 0 Å². The smallest absolute Gasteiger partial charge is 0.143 e. The maximum atomic E-state index is 9.56. The summed E-state index contributed by atoms with van der Waals surface area (Å²) >= 11 is 6.43. The second-order valence-electron chi connectivity index (χ2n) is 4.02. The Bertz CT molecular complexity index is 379. The van der Waals surface area contributed by atoms with Gasteiger partial charge >= 0.3 is 0 Å². The highest BCUT2D eigenvalue weighted by Crippen LogP contribution is 2.33. The van der Waals surface area contributed by atoms with Crippen LogP contribution < -0.4 is 5.32 Å². The maximum absolute atomic E-state index is 9.56. The fourth-order valence-corrected chi connectivity index (χ4v) is 2.61. The Kier molecular flexibility index (Phi) is 6.03. The Morgan fingerprint density at radius 3 is 1.83 bits per heavy atom. The monoisotopic (exact) mass is 383 g/mol. The van der Waals surface area contributed by atoms with Gasteiger partial charge in [-0.3, -0.25) is 0 Å². The van der Waals surface area contributed by atoms with E-state index in [-0.39, 0.29) is 25.6 Å². The van der Waals surface area contributed by atoms with Crippen molar-refractivity contribution in [2.45, 2.75) is 12.1 Å². The number of aromatic hydroxyl groups is 1. The summed E-state index contributed by atoms with van der Waals surface area (Å²) in [5.41, 5.74) is -0.289. The molecule has 0 unspecified atom stereocenters. The number of phenolic OH excluding ortho intramolecular Hbond substituents is 1. The highest BCUT2D eigenvalue weighted by Gasteiger charge is 2.27. The molecule has 5 nitrogen and oxygen atoms in total. The zero-order valence-electron chi connectivity index (χ0n) is 9.53. The fourth-order valence-electron chi connectivity index (χ4n) is 1.33. The average molecular weight is 385 g/mol. The van der Waals surface area contributed by atoms with Gasteiger partial charge in [0.25, 0.3) is 0 Å². The molecule has 102 valence electrons. The molecule has 5 N–H and O–H groups in total. The molecule has 0 fully saturated rings. The minimum absolute atomic E-state index is 0.108. The van der Waals surface area contributed by atoms with Gasteiger partial charge in [0.05, 0.1) is 34.3 Å². The van der Waals surface area contributed by atoms with E-state index in [1.54, 1.807) is 12.1 Å². The van der Waals surface area contributed by atoms with Crippen LogP contribution in [-0.2, 0) is 6.54 Å². The molecule has 0 saturated heterocycles. The van der Waals surface area contributed by atoms with Gasteiger partial charge in [0.2, 0.25) is 0 Å². The highest BCUT2D eigenvalue weighted by molar-refractivity contribution is 9.11. The molecule has 0 radical (unpaired) electrons. The van der Waals surface area contributed by atoms with E-state index in [4.69, 9.17) is 15.3 Å². The Labute approximate surface area is 122 Å². The van der Waals surface area contributed by atoms with Crippen molar-refractivity contribution < 1.29 is 20.4 Å². The second kappa shape index (κ2) is 6.83. The van der Waals surface area contributed by atoms with E-state index in [0.717, 1.165) is 5.56 Å². The minimum Gasteiger partial charge on any atom is -0.506 e. The van der Waals surface area contributed by atoms with Crippen molar-refractivity contribution >= 4 is 31.9 Å². The molecule has 1 aromatic carbocycles. The lowest BCUT2D eigenvalue weighted by Crippen LogP contribution is -2.54. The number of aliphatic hydroxyl groups is 3. The predicted octanol–water partition coefficient (Wildman–Crippen LogP) is 0.723. The van der Waals surface area contributed by atoms with E-state index in [1.807, 2.05) is 0 Å². The topological polar surface area (TPSA) is 93.0 Å². The molecular formula is C11H15Br2NO4. The summed E-state index contributed by atoms with van der Waals surface area (Å²) in [7, 11) is 0. The van der Waals surface area contributed by atoms with Crippen molar-refractivity contribution in [1.82, 2.24) is 5.32 Å². The van der Waals surface area contributed by atoms with E-state index in [0.29, 0.717) is 15.5 Å². The van der Waals surface area contributed by atoms with Gasteiger partial charge in [-0.1, -0.05) is 0 Å². The summed E-state index contributed by atoms with van der Waals surface area (Å²) < 4.78 is 1.08. The van der Waals surface area contributed by atoms with Crippen molar-refractivity contribution in [1.29, 1.82) is 0 Å². The number of hydrogen-bond acceptors (Lipinski definition) is 5. The number of benzene rings is 1. The summed E-state index contributed by atoms with van der Waals surface area (Å²) in [6, 6.07) is 3.42. The van der Waals surface area contributed by atoms with Crippen LogP contribution >= 0.6 is 31.9 Å². The Morgan fingerprint density at radius 1 is 1.00 bits per heavy atom. The minimum atomic E-state index is -1.11. The van der Waals surface area contributed by atoms with Crippen LogP contribution in [0.2, 0.25) is 0 Å². The van der Waals surface area contributed by atoms with Gasteiger partial charge < -0.3 is 25.7 Å². The van der Waals surface area contributed by atoms with Gasteiger partial charge in [0, 0.05) is 6.54 Å². The van der Waals surface area contributed by atoms with Gasteiger partial charge in [-0.15, -0.1) is 0 Å². The number of phenols is 1. The standard InChI is InChI=1S/C11H15Br2NO4/c12-8-1-7(2-9(13)10(8)18)3-14-11(4-15,5-16)6-17/h1-2,14-18H,3-6H2. The molecule has 0 bridgehead atoms. The molecule has 18 heavy (non-hydrogen) atoms. The quantitative estimate of drug-likeness (QED) is 0.498. The number of hydrogen-bond donors (Lipinski definition) is 5. The van der Waals surface area contributed by atoms with Gasteiger partial charge in [0.1, 0.15) is 5.75 Å². The van der Waals surface area contributed by atoms with Crippen LogP contribution in [-0.4, -0.2) is 45.8 Å². The third-order valence-corrected chi connectivity index (χ3v) is 3.86. The van der Waals surface area contributed by atoms with Crippen molar-refractivity contribution in [3.63, 3.8) is 0 Å². The first-order chi connectivity index (χ1) is 8.48. The van der Waals surface area contributed by atoms with Crippen LogP contribution in [0.5, 0.6) is 5.75 Å². The third kappa shape index (κ3) is 3.66. The SMILES string of the molecule is OCC(CO)(CO)NCc1cc(Br)c(O)c(Br)c1. The fraction of sp³-hybridized carbons (Fsp3) is 0.455. The van der Waals surface area contributed by atoms with Crippen LogP contribution in [0.4, 0.5) is 0 Å². The van der Waals surface area contributed by atoms with Crippen molar-refractivity contribution in [2.75, 3.05) is 19.8 Å². The van der Waals surface area contributed by atoms with Crippen LogP contribution in [0.15, 0.2) is 21.1 Å². The van der Waals surface area contributed by atoms with Crippen LogP contribution in [0, 0.1) is 0 Å².